The molecule has 3 nitrogen and oxygen atoms in total. The van der Waals surface area contributed by atoms with Crippen LogP contribution < -0.4 is 4.74 Å². The molecule has 0 aromatic heterocycles. The van der Waals surface area contributed by atoms with E-state index in [4.69, 9.17) is 16.3 Å². The third kappa shape index (κ3) is 3.36. The zero-order chi connectivity index (χ0) is 14.8. The Balaban J connectivity index is 1.71. The molecule has 0 saturated heterocycles. The van der Waals surface area contributed by atoms with E-state index in [0.29, 0.717) is 18.1 Å². The van der Waals surface area contributed by atoms with Gasteiger partial charge in [-0.3, -0.25) is 0 Å². The van der Waals surface area contributed by atoms with E-state index in [1.54, 1.807) is 0 Å². The quantitative estimate of drug-likeness (QED) is 0.898. The predicted octanol–water partition coefficient (Wildman–Crippen LogP) is 3.12. The van der Waals surface area contributed by atoms with Gasteiger partial charge in [-0.25, -0.2) is 0 Å². The first-order chi connectivity index (χ1) is 10.1. The van der Waals surface area contributed by atoms with Gasteiger partial charge in [-0.1, -0.05) is 30.9 Å². The monoisotopic (exact) mass is 310 g/mol. The van der Waals surface area contributed by atoms with Crippen molar-refractivity contribution in [2.24, 2.45) is 5.92 Å². The van der Waals surface area contributed by atoms with Crippen molar-refractivity contribution in [1.29, 1.82) is 0 Å². The molecule has 0 amide bonds. The maximum Gasteiger partial charge on any atom is 0.126 e. The van der Waals surface area contributed by atoms with Crippen LogP contribution in [0.25, 0.3) is 0 Å². The summed E-state index contributed by atoms with van der Waals surface area (Å²) in [6.45, 7) is 0.671. The van der Waals surface area contributed by atoms with Crippen LogP contribution in [0.3, 0.4) is 0 Å². The Morgan fingerprint density at radius 2 is 1.95 bits per heavy atom. The van der Waals surface area contributed by atoms with E-state index in [1.165, 1.54) is 6.42 Å². The normalized spacial score (nSPS) is 21.7. The lowest BCUT2D eigenvalue weighted by Gasteiger charge is -2.30. The van der Waals surface area contributed by atoms with Crippen molar-refractivity contribution in [3.63, 3.8) is 0 Å². The van der Waals surface area contributed by atoms with Gasteiger partial charge < -0.3 is 14.9 Å². The summed E-state index contributed by atoms with van der Waals surface area (Å²) in [6, 6.07) is 3.78. The summed E-state index contributed by atoms with van der Waals surface area (Å²) in [6.07, 6.45) is 5.46. The summed E-state index contributed by atoms with van der Waals surface area (Å²) in [5.74, 6) is 1.08. The minimum absolute atomic E-state index is 0.224. The summed E-state index contributed by atoms with van der Waals surface area (Å²) in [4.78, 5) is 0. The van der Waals surface area contributed by atoms with Gasteiger partial charge in [-0.05, 0) is 42.0 Å². The van der Waals surface area contributed by atoms with Crippen LogP contribution in [0, 0.1) is 5.92 Å². The molecule has 2 atom stereocenters. The van der Waals surface area contributed by atoms with E-state index in [2.05, 4.69) is 0 Å². The number of ether oxygens (including phenoxy) is 1. The zero-order valence-electron chi connectivity index (χ0n) is 12.2. The second-order valence-electron chi connectivity index (χ2n) is 6.31. The summed E-state index contributed by atoms with van der Waals surface area (Å²) in [5.41, 5.74) is 2.02. The number of fused-ring (bicyclic) bond motifs is 1. The molecular formula is C17H23ClO3. The highest BCUT2D eigenvalue weighted by atomic mass is 35.5. The average Bonchev–Trinajstić information content (AvgIpc) is 2.95. The molecule has 21 heavy (non-hydrogen) atoms. The molecule has 2 unspecified atom stereocenters. The van der Waals surface area contributed by atoms with Crippen molar-refractivity contribution < 1.29 is 14.9 Å². The van der Waals surface area contributed by atoms with Crippen LogP contribution in [0.2, 0.25) is 5.02 Å². The van der Waals surface area contributed by atoms with E-state index < -0.39 is 12.2 Å². The molecule has 4 heteroatoms. The van der Waals surface area contributed by atoms with Crippen LogP contribution in [-0.2, 0) is 12.8 Å². The van der Waals surface area contributed by atoms with Gasteiger partial charge in [0.25, 0.3) is 0 Å². The minimum Gasteiger partial charge on any atom is -0.493 e. The lowest BCUT2D eigenvalue weighted by atomic mass is 9.82. The summed E-state index contributed by atoms with van der Waals surface area (Å²) >= 11 is 6.14. The third-order valence-corrected chi connectivity index (χ3v) is 5.00. The topological polar surface area (TPSA) is 49.7 Å². The molecule has 1 fully saturated rings. The van der Waals surface area contributed by atoms with E-state index in [9.17, 15) is 10.2 Å². The molecule has 3 rings (SSSR count). The molecule has 0 radical (unpaired) electrons. The van der Waals surface area contributed by atoms with E-state index in [1.807, 2.05) is 12.1 Å². The molecule has 0 spiro atoms. The van der Waals surface area contributed by atoms with E-state index >= 15 is 0 Å². The van der Waals surface area contributed by atoms with Crippen molar-refractivity contribution in [3.8, 4) is 5.75 Å². The number of rotatable bonds is 4. The number of aliphatic hydroxyl groups excluding tert-OH is 2. The van der Waals surface area contributed by atoms with Gasteiger partial charge in [0.2, 0.25) is 0 Å². The lowest BCUT2D eigenvalue weighted by molar-refractivity contribution is -0.0265. The fourth-order valence-corrected chi connectivity index (χ4v) is 3.90. The zero-order valence-corrected chi connectivity index (χ0v) is 13.0. The number of aliphatic hydroxyl groups is 2. The number of benzene rings is 1. The fraction of sp³-hybridized carbons (Fsp3) is 0.647. The molecule has 1 aliphatic heterocycles. The van der Waals surface area contributed by atoms with Crippen molar-refractivity contribution in [1.82, 2.24) is 0 Å². The number of hydrogen-bond acceptors (Lipinski definition) is 3. The van der Waals surface area contributed by atoms with Crippen LogP contribution in [0.1, 0.15) is 43.2 Å². The van der Waals surface area contributed by atoms with Gasteiger partial charge in [0.1, 0.15) is 5.75 Å². The molecule has 0 bridgehead atoms. The van der Waals surface area contributed by atoms with Gasteiger partial charge >= 0.3 is 0 Å². The predicted molar refractivity (Wildman–Crippen MR) is 82.9 cm³/mol. The Kier molecular flexibility index (Phi) is 4.72. The Bertz CT molecular complexity index is 497. The van der Waals surface area contributed by atoms with E-state index in [-0.39, 0.29) is 5.92 Å². The Hall–Kier alpha value is -0.770. The molecule has 116 valence electrons. The smallest absolute Gasteiger partial charge is 0.126 e. The molecule has 1 aromatic carbocycles. The highest BCUT2D eigenvalue weighted by Crippen LogP contribution is 2.35. The molecule has 1 saturated carbocycles. The Morgan fingerprint density at radius 3 is 2.71 bits per heavy atom. The first kappa shape index (κ1) is 15.1. The fourth-order valence-electron chi connectivity index (χ4n) is 3.63. The summed E-state index contributed by atoms with van der Waals surface area (Å²) in [5, 5.41) is 21.5. The standard InChI is InChI=1S/C17H23ClO3/c18-14-8-12-6-7-21-17(12)13(9-14)10-15(19)16(20)11-4-2-1-3-5-11/h8-9,11,15-16,19-20H,1-7,10H2. The van der Waals surface area contributed by atoms with E-state index in [0.717, 1.165) is 49.0 Å². The van der Waals surface area contributed by atoms with Gasteiger partial charge in [0.15, 0.2) is 0 Å². The van der Waals surface area contributed by atoms with Crippen molar-refractivity contribution in [2.45, 2.75) is 57.2 Å². The van der Waals surface area contributed by atoms with Gasteiger partial charge in [-0.15, -0.1) is 0 Å². The molecule has 2 N–H and O–H groups in total. The highest BCUT2D eigenvalue weighted by molar-refractivity contribution is 6.30. The molecule has 1 aliphatic carbocycles. The second kappa shape index (κ2) is 6.55. The SMILES string of the molecule is OC(Cc1cc(Cl)cc2c1OCC2)C(O)C1CCCCC1. The van der Waals surface area contributed by atoms with Crippen molar-refractivity contribution in [2.75, 3.05) is 6.61 Å². The largest absolute Gasteiger partial charge is 0.493 e. The van der Waals surface area contributed by atoms with Crippen LogP contribution >= 0.6 is 11.6 Å². The number of hydrogen-bond donors (Lipinski definition) is 2. The second-order valence-corrected chi connectivity index (χ2v) is 6.75. The third-order valence-electron chi connectivity index (χ3n) is 4.78. The maximum absolute atomic E-state index is 10.4. The summed E-state index contributed by atoms with van der Waals surface area (Å²) in [7, 11) is 0. The Labute approximate surface area is 130 Å². The number of halogens is 1. The molecule has 2 aliphatic rings. The lowest BCUT2D eigenvalue weighted by Crippen LogP contribution is -2.36. The Morgan fingerprint density at radius 1 is 1.19 bits per heavy atom. The van der Waals surface area contributed by atoms with Crippen LogP contribution in [0.15, 0.2) is 12.1 Å². The van der Waals surface area contributed by atoms with Crippen molar-refractivity contribution >= 4 is 11.6 Å². The molecular weight excluding hydrogens is 288 g/mol. The molecule has 1 aromatic rings. The first-order valence-electron chi connectivity index (χ1n) is 7.95. The van der Waals surface area contributed by atoms with Gasteiger partial charge in [0.05, 0.1) is 18.8 Å². The van der Waals surface area contributed by atoms with Gasteiger partial charge in [0, 0.05) is 17.9 Å². The van der Waals surface area contributed by atoms with Crippen LogP contribution in [-0.4, -0.2) is 29.0 Å². The first-order valence-corrected chi connectivity index (χ1v) is 8.33. The summed E-state index contributed by atoms with van der Waals surface area (Å²) < 4.78 is 5.66. The molecule has 1 heterocycles. The van der Waals surface area contributed by atoms with Crippen LogP contribution in [0.4, 0.5) is 0 Å². The van der Waals surface area contributed by atoms with Gasteiger partial charge in [-0.2, -0.15) is 0 Å². The highest BCUT2D eigenvalue weighted by Gasteiger charge is 2.29. The minimum atomic E-state index is -0.750. The average molecular weight is 311 g/mol. The van der Waals surface area contributed by atoms with Crippen molar-refractivity contribution in [3.05, 3.63) is 28.3 Å². The maximum atomic E-state index is 10.4. The van der Waals surface area contributed by atoms with Crippen LogP contribution in [0.5, 0.6) is 5.75 Å².